The number of carboxylic acid groups (broad SMARTS) is 1. The van der Waals surface area contributed by atoms with E-state index in [-0.39, 0.29) is 0 Å². The van der Waals surface area contributed by atoms with Crippen molar-refractivity contribution in [3.05, 3.63) is 106 Å². The third kappa shape index (κ3) is 4.11. The second-order valence-electron chi connectivity index (χ2n) is 7.42. The highest BCUT2D eigenvalue weighted by Gasteiger charge is 2.22. The zero-order valence-corrected chi connectivity index (χ0v) is 17.5. The van der Waals surface area contributed by atoms with Gasteiger partial charge in [0.05, 0.1) is 0 Å². The zero-order valence-electron chi connectivity index (χ0n) is 16.7. The van der Waals surface area contributed by atoms with E-state index in [1.54, 1.807) is 0 Å². The van der Waals surface area contributed by atoms with Crippen molar-refractivity contribution in [3.63, 3.8) is 0 Å². The van der Waals surface area contributed by atoms with Gasteiger partial charge >= 0.3 is 5.97 Å². The van der Waals surface area contributed by atoms with Crippen molar-refractivity contribution in [2.24, 2.45) is 0 Å². The van der Waals surface area contributed by atoms with Gasteiger partial charge in [-0.3, -0.25) is 0 Å². The van der Waals surface area contributed by atoms with Crippen molar-refractivity contribution in [1.82, 2.24) is 9.88 Å². The van der Waals surface area contributed by atoms with Gasteiger partial charge in [-0.05, 0) is 35.7 Å². The Balaban J connectivity index is 1.73. The predicted molar refractivity (Wildman–Crippen MR) is 121 cm³/mol. The molecular weight excluding hydrogens is 396 g/mol. The number of aromatic nitrogens is 1. The number of carboxylic acids is 1. The van der Waals surface area contributed by atoms with Crippen LogP contribution in [-0.2, 0) is 19.6 Å². The Morgan fingerprint density at radius 3 is 2.47 bits per heavy atom. The number of rotatable bonds is 7. The third-order valence-electron chi connectivity index (χ3n) is 5.29. The number of carbonyl (C=O) groups is 1. The molecule has 0 amide bonds. The van der Waals surface area contributed by atoms with Crippen molar-refractivity contribution in [2.75, 3.05) is 0 Å². The molecule has 0 spiro atoms. The fourth-order valence-corrected chi connectivity index (χ4v) is 4.05. The second-order valence-corrected chi connectivity index (χ2v) is 7.83. The molecule has 0 saturated heterocycles. The van der Waals surface area contributed by atoms with Crippen molar-refractivity contribution < 1.29 is 9.90 Å². The highest BCUT2D eigenvalue weighted by molar-refractivity contribution is 6.31. The molecule has 0 aliphatic carbocycles. The SMILES string of the molecule is Cc1ccc2c(CNCc3ccccc3Cl)c(C(=O)O)n(Cc3ccccc3)c2c1. The van der Waals surface area contributed by atoms with E-state index in [2.05, 4.69) is 11.4 Å². The molecule has 0 atom stereocenters. The third-order valence-corrected chi connectivity index (χ3v) is 5.65. The molecule has 3 aromatic carbocycles. The van der Waals surface area contributed by atoms with Crippen LogP contribution in [-0.4, -0.2) is 15.6 Å². The minimum atomic E-state index is -0.922. The molecule has 0 unspecified atom stereocenters. The number of benzene rings is 3. The molecule has 0 radical (unpaired) electrons. The molecule has 4 aromatic rings. The van der Waals surface area contributed by atoms with Crippen LogP contribution in [0.4, 0.5) is 0 Å². The van der Waals surface area contributed by atoms with Crippen LogP contribution in [0.1, 0.15) is 32.7 Å². The van der Waals surface area contributed by atoms with Gasteiger partial charge < -0.3 is 15.0 Å². The van der Waals surface area contributed by atoms with E-state index in [0.717, 1.165) is 33.2 Å². The first-order valence-electron chi connectivity index (χ1n) is 9.87. The van der Waals surface area contributed by atoms with Crippen molar-refractivity contribution in [1.29, 1.82) is 0 Å². The summed E-state index contributed by atoms with van der Waals surface area (Å²) in [5, 5.41) is 15.1. The molecule has 0 fully saturated rings. The van der Waals surface area contributed by atoms with Crippen LogP contribution in [0.25, 0.3) is 10.9 Å². The second kappa shape index (κ2) is 8.74. The first-order chi connectivity index (χ1) is 14.5. The number of fused-ring (bicyclic) bond motifs is 1. The maximum absolute atomic E-state index is 12.3. The van der Waals surface area contributed by atoms with Gasteiger partial charge in [-0.1, -0.05) is 72.3 Å². The van der Waals surface area contributed by atoms with Gasteiger partial charge in [-0.2, -0.15) is 0 Å². The van der Waals surface area contributed by atoms with E-state index in [0.29, 0.717) is 30.4 Å². The molecule has 2 N–H and O–H groups in total. The summed E-state index contributed by atoms with van der Waals surface area (Å²) in [5.41, 5.74) is 5.20. The predicted octanol–water partition coefficient (Wildman–Crippen LogP) is 5.64. The van der Waals surface area contributed by atoms with E-state index in [9.17, 15) is 9.90 Å². The standard InChI is InChI=1S/C25H23ClN2O2/c1-17-11-12-20-21(15-27-14-19-9-5-6-10-22(19)26)24(25(29)30)28(23(20)13-17)16-18-7-3-2-4-8-18/h2-13,27H,14-16H2,1H3,(H,29,30). The average molecular weight is 419 g/mol. The molecule has 4 nitrogen and oxygen atoms in total. The summed E-state index contributed by atoms with van der Waals surface area (Å²) in [6, 6.07) is 23.7. The first kappa shape index (κ1) is 20.2. The van der Waals surface area contributed by atoms with Gasteiger partial charge in [0.25, 0.3) is 0 Å². The van der Waals surface area contributed by atoms with Gasteiger partial charge in [-0.25, -0.2) is 4.79 Å². The molecule has 1 aromatic heterocycles. The van der Waals surface area contributed by atoms with Crippen LogP contribution < -0.4 is 5.32 Å². The van der Waals surface area contributed by atoms with E-state index < -0.39 is 5.97 Å². The molecule has 152 valence electrons. The van der Waals surface area contributed by atoms with E-state index >= 15 is 0 Å². The quantitative estimate of drug-likeness (QED) is 0.408. The normalized spacial score (nSPS) is 11.1. The lowest BCUT2D eigenvalue weighted by Gasteiger charge is -2.10. The van der Waals surface area contributed by atoms with E-state index in [1.165, 1.54) is 0 Å². The smallest absolute Gasteiger partial charge is 0.352 e. The fourth-order valence-electron chi connectivity index (χ4n) is 3.85. The number of aryl methyl sites for hydroxylation is 1. The molecule has 1 heterocycles. The highest BCUT2D eigenvalue weighted by atomic mass is 35.5. The van der Waals surface area contributed by atoms with Gasteiger partial charge in [0.15, 0.2) is 0 Å². The maximum atomic E-state index is 12.3. The Morgan fingerprint density at radius 1 is 1.00 bits per heavy atom. The summed E-state index contributed by atoms with van der Waals surface area (Å²) in [7, 11) is 0. The van der Waals surface area contributed by atoms with Crippen LogP contribution in [0.3, 0.4) is 0 Å². The van der Waals surface area contributed by atoms with Crippen LogP contribution >= 0.6 is 11.6 Å². The van der Waals surface area contributed by atoms with Gasteiger partial charge in [0.1, 0.15) is 5.69 Å². The zero-order chi connectivity index (χ0) is 21.1. The van der Waals surface area contributed by atoms with E-state index in [4.69, 9.17) is 11.6 Å². The van der Waals surface area contributed by atoms with Crippen LogP contribution in [0, 0.1) is 6.92 Å². The maximum Gasteiger partial charge on any atom is 0.352 e. The molecule has 0 aliphatic rings. The number of halogens is 1. The monoisotopic (exact) mass is 418 g/mol. The average Bonchev–Trinajstić information content (AvgIpc) is 3.03. The van der Waals surface area contributed by atoms with Gasteiger partial charge in [0.2, 0.25) is 0 Å². The Bertz CT molecular complexity index is 1200. The largest absolute Gasteiger partial charge is 0.477 e. The fraction of sp³-hybridized carbons (Fsp3) is 0.160. The minimum Gasteiger partial charge on any atom is -0.477 e. The number of aromatic carboxylic acids is 1. The van der Waals surface area contributed by atoms with Crippen molar-refractivity contribution in [3.8, 4) is 0 Å². The number of nitrogens with zero attached hydrogens (tertiary/aromatic N) is 1. The molecule has 0 bridgehead atoms. The molecule has 30 heavy (non-hydrogen) atoms. The lowest BCUT2D eigenvalue weighted by atomic mass is 10.1. The lowest BCUT2D eigenvalue weighted by Crippen LogP contribution is -2.17. The Morgan fingerprint density at radius 2 is 1.73 bits per heavy atom. The summed E-state index contributed by atoms with van der Waals surface area (Å²) < 4.78 is 1.91. The summed E-state index contributed by atoms with van der Waals surface area (Å²) >= 11 is 6.26. The highest BCUT2D eigenvalue weighted by Crippen LogP contribution is 2.29. The molecule has 5 heteroatoms. The number of hydrogen-bond acceptors (Lipinski definition) is 2. The summed E-state index contributed by atoms with van der Waals surface area (Å²) in [6.45, 7) is 3.53. The number of hydrogen-bond donors (Lipinski definition) is 2. The van der Waals surface area contributed by atoms with Crippen molar-refractivity contribution in [2.45, 2.75) is 26.6 Å². The van der Waals surface area contributed by atoms with E-state index in [1.807, 2.05) is 78.2 Å². The number of nitrogens with one attached hydrogen (secondary N) is 1. The molecular formula is C25H23ClN2O2. The van der Waals surface area contributed by atoms with Crippen LogP contribution in [0.2, 0.25) is 5.02 Å². The first-order valence-corrected chi connectivity index (χ1v) is 10.3. The summed E-state index contributed by atoms with van der Waals surface area (Å²) in [4.78, 5) is 12.3. The molecule has 0 aliphatic heterocycles. The topological polar surface area (TPSA) is 54.3 Å². The minimum absolute atomic E-state index is 0.325. The molecule has 0 saturated carbocycles. The van der Waals surface area contributed by atoms with Crippen LogP contribution in [0.5, 0.6) is 0 Å². The summed E-state index contributed by atoms with van der Waals surface area (Å²) in [5.74, 6) is -0.922. The Labute approximate surface area is 180 Å². The lowest BCUT2D eigenvalue weighted by molar-refractivity contribution is 0.0685. The van der Waals surface area contributed by atoms with Crippen LogP contribution in [0.15, 0.2) is 72.8 Å². The molecule has 4 rings (SSSR count). The van der Waals surface area contributed by atoms with Crippen molar-refractivity contribution >= 4 is 28.5 Å². The summed E-state index contributed by atoms with van der Waals surface area (Å²) in [6.07, 6.45) is 0. The van der Waals surface area contributed by atoms with Gasteiger partial charge in [0, 0.05) is 41.1 Å². The Kier molecular flexibility index (Phi) is 5.88. The van der Waals surface area contributed by atoms with Gasteiger partial charge in [-0.15, -0.1) is 0 Å². The Hall–Kier alpha value is -3.08.